The van der Waals surface area contributed by atoms with Crippen molar-refractivity contribution in [3.63, 3.8) is 0 Å². The number of carbonyl (C=O) groups is 2. The van der Waals surface area contributed by atoms with E-state index in [2.05, 4.69) is 10.3 Å². The molecule has 2 heterocycles. The number of nitrogens with zero attached hydrogens (tertiary/aromatic N) is 2. The fraction of sp³-hybridized carbons (Fsp3) is 0.353. The summed E-state index contributed by atoms with van der Waals surface area (Å²) in [6, 6.07) is 9.68. The van der Waals surface area contributed by atoms with Crippen molar-refractivity contribution in [1.29, 1.82) is 0 Å². The number of hydrogen-bond donors (Lipinski definition) is 2. The summed E-state index contributed by atoms with van der Waals surface area (Å²) in [5.74, 6) is -0.492. The van der Waals surface area contributed by atoms with E-state index in [1.807, 2.05) is 30.3 Å². The second kappa shape index (κ2) is 7.98. The molecule has 2 N–H and O–H groups in total. The average molecular weight is 340 g/mol. The van der Waals surface area contributed by atoms with E-state index in [0.29, 0.717) is 12.8 Å². The number of rotatable bonds is 6. The zero-order valence-electron chi connectivity index (χ0n) is 13.7. The quantitative estimate of drug-likeness (QED) is 0.773. The summed E-state index contributed by atoms with van der Waals surface area (Å²) < 4.78 is 7.18. The van der Waals surface area contributed by atoms with Gasteiger partial charge < -0.3 is 19.6 Å². The Hall–Kier alpha value is -2.61. The molecule has 1 saturated heterocycles. The highest BCUT2D eigenvalue weighted by atomic mass is 16.4. The van der Waals surface area contributed by atoms with Gasteiger partial charge in [0.2, 0.25) is 5.91 Å². The van der Waals surface area contributed by atoms with Crippen LogP contribution in [0.3, 0.4) is 0 Å². The fourth-order valence-electron chi connectivity index (χ4n) is 2.85. The first-order chi connectivity index (χ1) is 12.1. The summed E-state index contributed by atoms with van der Waals surface area (Å²) in [5, 5.41) is 11.7. The van der Waals surface area contributed by atoms with Crippen molar-refractivity contribution < 1.29 is 19.3 Å². The summed E-state index contributed by atoms with van der Waals surface area (Å²) in [6.07, 6.45) is 4.37. The molecule has 2 aromatic rings. The summed E-state index contributed by atoms with van der Waals surface area (Å²) in [5.41, 5.74) is 0.948. The molecule has 0 aliphatic carbocycles. The highest BCUT2D eigenvalue weighted by Crippen LogP contribution is 2.17. The lowest BCUT2D eigenvalue weighted by molar-refractivity contribution is -0.139. The molecular formula is C17H19BN3O4. The number of aliphatic carboxylic acids is 1. The minimum Gasteiger partial charge on any atom is -0.481 e. The van der Waals surface area contributed by atoms with Crippen LogP contribution in [-0.4, -0.2) is 46.1 Å². The normalized spacial score (nSPS) is 19.8. The van der Waals surface area contributed by atoms with Gasteiger partial charge in [0.25, 0.3) is 0 Å². The second-order valence-electron chi connectivity index (χ2n) is 5.99. The van der Waals surface area contributed by atoms with Crippen LogP contribution in [0.2, 0.25) is 0 Å². The third-order valence-corrected chi connectivity index (χ3v) is 4.05. The number of benzene rings is 1. The van der Waals surface area contributed by atoms with Crippen molar-refractivity contribution in [3.05, 3.63) is 42.7 Å². The maximum Gasteiger partial charge on any atom is 0.317 e. The molecule has 7 nitrogen and oxygen atoms in total. The topological polar surface area (TPSA) is 93.5 Å². The smallest absolute Gasteiger partial charge is 0.317 e. The number of imidazole rings is 1. The van der Waals surface area contributed by atoms with Gasteiger partial charge in [0.15, 0.2) is 0 Å². The average Bonchev–Trinajstić information content (AvgIpc) is 3.05. The van der Waals surface area contributed by atoms with E-state index in [1.54, 1.807) is 17.0 Å². The predicted octanol–water partition coefficient (Wildman–Crippen LogP) is 1.27. The van der Waals surface area contributed by atoms with Crippen LogP contribution in [0.25, 0.3) is 11.4 Å². The van der Waals surface area contributed by atoms with Gasteiger partial charge in [-0.1, -0.05) is 30.3 Å². The predicted molar refractivity (Wildman–Crippen MR) is 91.7 cm³/mol. The van der Waals surface area contributed by atoms with E-state index in [9.17, 15) is 9.59 Å². The number of carboxylic acids is 1. The van der Waals surface area contributed by atoms with E-state index in [-0.39, 0.29) is 30.9 Å². The Morgan fingerprint density at radius 3 is 2.80 bits per heavy atom. The Morgan fingerprint density at radius 1 is 1.32 bits per heavy atom. The van der Waals surface area contributed by atoms with Gasteiger partial charge >= 0.3 is 13.5 Å². The number of hydrogen-bond acceptors (Lipinski definition) is 4. The first-order valence-corrected chi connectivity index (χ1v) is 8.18. The lowest BCUT2D eigenvalue weighted by atomic mass is 9.79. The van der Waals surface area contributed by atoms with Crippen LogP contribution < -0.4 is 5.32 Å². The van der Waals surface area contributed by atoms with Crippen LogP contribution in [0.5, 0.6) is 0 Å². The third-order valence-electron chi connectivity index (χ3n) is 4.05. The summed E-state index contributed by atoms with van der Waals surface area (Å²) in [7, 11) is 1.53. The molecule has 0 saturated carbocycles. The summed E-state index contributed by atoms with van der Waals surface area (Å²) in [6.45, 7) is 0.160. The molecule has 1 aliphatic rings. The minimum atomic E-state index is -0.880. The second-order valence-corrected chi connectivity index (χ2v) is 5.99. The summed E-state index contributed by atoms with van der Waals surface area (Å²) in [4.78, 5) is 27.3. The fourth-order valence-corrected chi connectivity index (χ4v) is 2.85. The van der Waals surface area contributed by atoms with Crippen LogP contribution in [0.15, 0.2) is 42.7 Å². The van der Waals surface area contributed by atoms with E-state index >= 15 is 0 Å². The molecule has 1 aromatic heterocycles. The molecule has 3 rings (SSSR count). The maximum atomic E-state index is 12.3. The molecule has 25 heavy (non-hydrogen) atoms. The van der Waals surface area contributed by atoms with Crippen molar-refractivity contribution in [3.8, 4) is 11.4 Å². The number of nitrogens with one attached hydrogen (secondary N) is 1. The van der Waals surface area contributed by atoms with Gasteiger partial charge in [-0.3, -0.25) is 9.59 Å². The molecule has 0 spiro atoms. The molecule has 1 fully saturated rings. The van der Waals surface area contributed by atoms with Crippen molar-refractivity contribution >= 4 is 19.4 Å². The van der Waals surface area contributed by atoms with E-state index in [0.717, 1.165) is 11.4 Å². The lowest BCUT2D eigenvalue weighted by Crippen LogP contribution is -2.46. The number of amides is 1. The van der Waals surface area contributed by atoms with Crippen molar-refractivity contribution in [1.82, 2.24) is 14.9 Å². The number of carbonyl (C=O) groups excluding carboxylic acids is 1. The van der Waals surface area contributed by atoms with Gasteiger partial charge in [0.1, 0.15) is 12.4 Å². The van der Waals surface area contributed by atoms with Crippen LogP contribution in [0.1, 0.15) is 19.3 Å². The third kappa shape index (κ3) is 4.70. The maximum absolute atomic E-state index is 12.3. The first kappa shape index (κ1) is 17.2. The molecule has 8 heteroatoms. The van der Waals surface area contributed by atoms with Gasteiger partial charge in [0.05, 0.1) is 12.5 Å². The SMILES string of the molecule is O=C(O)C[C@@H]1CC[C@H](NC(=O)Cn2ccnc2-c2ccccc2)[B]O1. The molecule has 2 atom stereocenters. The van der Waals surface area contributed by atoms with Gasteiger partial charge in [-0.2, -0.15) is 0 Å². The zero-order chi connectivity index (χ0) is 17.6. The Bertz CT molecular complexity index is 727. The van der Waals surface area contributed by atoms with Crippen LogP contribution in [-0.2, 0) is 20.8 Å². The Balaban J connectivity index is 1.53. The van der Waals surface area contributed by atoms with Crippen molar-refractivity contribution in [2.75, 3.05) is 0 Å². The largest absolute Gasteiger partial charge is 0.481 e. The molecule has 129 valence electrons. The summed E-state index contributed by atoms with van der Waals surface area (Å²) >= 11 is 0. The Kier molecular flexibility index (Phi) is 5.50. The van der Waals surface area contributed by atoms with Gasteiger partial charge in [-0.05, 0) is 12.8 Å². The van der Waals surface area contributed by atoms with Gasteiger partial charge in [-0.25, -0.2) is 4.98 Å². The molecule has 0 unspecified atom stereocenters. The van der Waals surface area contributed by atoms with Gasteiger partial charge in [0, 0.05) is 23.9 Å². The van der Waals surface area contributed by atoms with Crippen LogP contribution >= 0.6 is 0 Å². The highest BCUT2D eigenvalue weighted by molar-refractivity contribution is 6.30. The number of carboxylic acid groups (broad SMARTS) is 1. The van der Waals surface area contributed by atoms with Crippen molar-refractivity contribution in [2.45, 2.75) is 37.9 Å². The van der Waals surface area contributed by atoms with Crippen LogP contribution in [0, 0.1) is 0 Å². The molecule has 0 bridgehead atoms. The van der Waals surface area contributed by atoms with E-state index in [1.165, 1.54) is 7.48 Å². The van der Waals surface area contributed by atoms with Crippen LogP contribution in [0.4, 0.5) is 0 Å². The molecule has 1 radical (unpaired) electrons. The van der Waals surface area contributed by atoms with E-state index < -0.39 is 5.97 Å². The monoisotopic (exact) mass is 340 g/mol. The van der Waals surface area contributed by atoms with E-state index in [4.69, 9.17) is 9.76 Å². The van der Waals surface area contributed by atoms with Gasteiger partial charge in [-0.15, -0.1) is 0 Å². The molecule has 1 aliphatic heterocycles. The molecule has 1 amide bonds. The standard InChI is InChI=1S/C17H19BN3O4/c22-15(20-14-7-6-13(25-18-14)10-16(23)24)11-21-9-8-19-17(21)12-4-2-1-3-5-12/h1-5,8-9,13-14H,6-7,10-11H2,(H,20,22)(H,23,24)/t13-,14-/m0/s1. The Labute approximate surface area is 146 Å². The number of aromatic nitrogens is 2. The minimum absolute atomic E-state index is 0.0212. The zero-order valence-corrected chi connectivity index (χ0v) is 13.7. The molecule has 1 aromatic carbocycles. The Morgan fingerprint density at radius 2 is 2.12 bits per heavy atom. The van der Waals surface area contributed by atoms with Crippen molar-refractivity contribution in [2.24, 2.45) is 0 Å². The molecular weight excluding hydrogens is 321 g/mol. The highest BCUT2D eigenvalue weighted by Gasteiger charge is 2.26. The first-order valence-electron chi connectivity index (χ1n) is 8.18. The lowest BCUT2D eigenvalue weighted by Gasteiger charge is -2.28.